The Morgan fingerprint density at radius 3 is 2.68 bits per heavy atom. The summed E-state index contributed by atoms with van der Waals surface area (Å²) in [4.78, 5) is 14.0. The van der Waals surface area contributed by atoms with Crippen molar-refractivity contribution in [2.24, 2.45) is 0 Å². The Morgan fingerprint density at radius 2 is 2.05 bits per heavy atom. The summed E-state index contributed by atoms with van der Waals surface area (Å²) in [6.07, 6.45) is 0. The van der Waals surface area contributed by atoms with E-state index in [1.165, 1.54) is 0 Å². The third kappa shape index (κ3) is 2.73. The van der Waals surface area contributed by atoms with Crippen LogP contribution < -0.4 is 16.4 Å². The minimum Gasteiger partial charge on any atom is -0.462 e. The second-order valence-corrected chi connectivity index (χ2v) is 4.28. The van der Waals surface area contributed by atoms with Crippen molar-refractivity contribution < 1.29 is 14.3 Å². The van der Waals surface area contributed by atoms with Crippen LogP contribution in [0.2, 0.25) is 0 Å². The molecule has 0 bridgehead atoms. The summed E-state index contributed by atoms with van der Waals surface area (Å²) in [6.45, 7) is 4.67. The van der Waals surface area contributed by atoms with Crippen molar-refractivity contribution in [3.63, 3.8) is 0 Å². The first kappa shape index (κ1) is 13.5. The molecule has 0 aliphatic carbocycles. The van der Waals surface area contributed by atoms with Crippen LogP contribution in [0.3, 0.4) is 0 Å². The third-order valence-electron chi connectivity index (χ3n) is 3.07. The average Bonchev–Trinajstić information content (AvgIpc) is 2.43. The SMILES string of the molecule is CCOC(=O)c1ccc(N)c(N)c1N1CCOCC1. The lowest BCUT2D eigenvalue weighted by Gasteiger charge is -2.31. The van der Waals surface area contributed by atoms with Gasteiger partial charge in [0.1, 0.15) is 0 Å². The van der Waals surface area contributed by atoms with Crippen LogP contribution >= 0.6 is 0 Å². The zero-order valence-corrected chi connectivity index (χ0v) is 11.0. The van der Waals surface area contributed by atoms with Gasteiger partial charge in [-0.3, -0.25) is 0 Å². The van der Waals surface area contributed by atoms with Gasteiger partial charge in [-0.15, -0.1) is 0 Å². The fourth-order valence-electron chi connectivity index (χ4n) is 2.12. The molecule has 1 aliphatic heterocycles. The molecule has 1 heterocycles. The molecule has 0 radical (unpaired) electrons. The van der Waals surface area contributed by atoms with E-state index in [1.807, 2.05) is 4.90 Å². The van der Waals surface area contributed by atoms with Crippen molar-refractivity contribution in [3.8, 4) is 0 Å². The van der Waals surface area contributed by atoms with E-state index in [0.717, 1.165) is 0 Å². The summed E-state index contributed by atoms with van der Waals surface area (Å²) in [6, 6.07) is 3.29. The molecular formula is C13H19N3O3. The predicted octanol–water partition coefficient (Wildman–Crippen LogP) is 0.864. The van der Waals surface area contributed by atoms with E-state index in [2.05, 4.69) is 0 Å². The zero-order chi connectivity index (χ0) is 13.8. The first-order valence-electron chi connectivity index (χ1n) is 6.33. The lowest BCUT2D eigenvalue weighted by molar-refractivity contribution is 0.0526. The number of hydrogen-bond donors (Lipinski definition) is 2. The lowest BCUT2D eigenvalue weighted by Crippen LogP contribution is -2.37. The van der Waals surface area contributed by atoms with E-state index >= 15 is 0 Å². The Kier molecular flexibility index (Phi) is 4.11. The van der Waals surface area contributed by atoms with Crippen molar-refractivity contribution >= 4 is 23.0 Å². The monoisotopic (exact) mass is 265 g/mol. The van der Waals surface area contributed by atoms with Gasteiger partial charge in [0.15, 0.2) is 0 Å². The highest BCUT2D eigenvalue weighted by Gasteiger charge is 2.23. The number of hydrogen-bond acceptors (Lipinski definition) is 6. The van der Waals surface area contributed by atoms with Crippen molar-refractivity contribution in [1.82, 2.24) is 0 Å². The fourth-order valence-corrected chi connectivity index (χ4v) is 2.12. The highest BCUT2D eigenvalue weighted by Crippen LogP contribution is 2.33. The highest BCUT2D eigenvalue weighted by atomic mass is 16.5. The van der Waals surface area contributed by atoms with E-state index in [0.29, 0.717) is 55.5 Å². The highest BCUT2D eigenvalue weighted by molar-refractivity contribution is 6.01. The predicted molar refractivity (Wildman–Crippen MR) is 74.3 cm³/mol. The molecule has 104 valence electrons. The van der Waals surface area contributed by atoms with Gasteiger partial charge in [0.05, 0.1) is 42.4 Å². The molecule has 1 aromatic rings. The van der Waals surface area contributed by atoms with Gasteiger partial charge in [-0.25, -0.2) is 4.79 Å². The Morgan fingerprint density at radius 1 is 1.37 bits per heavy atom. The second-order valence-electron chi connectivity index (χ2n) is 4.28. The molecule has 0 amide bonds. The number of anilines is 3. The standard InChI is InChI=1S/C13H19N3O3/c1-2-19-13(17)9-3-4-10(14)11(15)12(9)16-5-7-18-8-6-16/h3-4H,2,5-8,14-15H2,1H3. The molecule has 2 rings (SSSR count). The van der Waals surface area contributed by atoms with E-state index in [1.54, 1.807) is 19.1 Å². The number of carbonyl (C=O) groups excluding carboxylic acids is 1. The number of nitrogen functional groups attached to an aromatic ring is 2. The number of nitrogens with two attached hydrogens (primary N) is 2. The molecule has 0 atom stereocenters. The molecule has 6 heteroatoms. The zero-order valence-electron chi connectivity index (χ0n) is 11.0. The van der Waals surface area contributed by atoms with Crippen LogP contribution in [0.1, 0.15) is 17.3 Å². The number of benzene rings is 1. The first-order chi connectivity index (χ1) is 9.15. The number of esters is 1. The molecule has 4 N–H and O–H groups in total. The Hall–Kier alpha value is -1.95. The average molecular weight is 265 g/mol. The Labute approximate surface area is 112 Å². The largest absolute Gasteiger partial charge is 0.462 e. The second kappa shape index (κ2) is 5.79. The van der Waals surface area contributed by atoms with Gasteiger partial charge in [-0.2, -0.15) is 0 Å². The Bertz CT molecular complexity index is 470. The molecular weight excluding hydrogens is 246 g/mol. The van der Waals surface area contributed by atoms with Gasteiger partial charge in [0.25, 0.3) is 0 Å². The minimum atomic E-state index is -0.379. The molecule has 1 aromatic carbocycles. The summed E-state index contributed by atoms with van der Waals surface area (Å²) in [5, 5.41) is 0. The van der Waals surface area contributed by atoms with Crippen LogP contribution in [0.4, 0.5) is 17.1 Å². The van der Waals surface area contributed by atoms with Crippen LogP contribution in [0.15, 0.2) is 12.1 Å². The van der Waals surface area contributed by atoms with E-state index in [4.69, 9.17) is 20.9 Å². The number of carbonyl (C=O) groups is 1. The van der Waals surface area contributed by atoms with Gasteiger partial charge in [0, 0.05) is 13.1 Å². The molecule has 1 fully saturated rings. The van der Waals surface area contributed by atoms with Gasteiger partial charge >= 0.3 is 5.97 Å². The van der Waals surface area contributed by atoms with E-state index < -0.39 is 0 Å². The van der Waals surface area contributed by atoms with Crippen molar-refractivity contribution in [2.75, 3.05) is 49.3 Å². The van der Waals surface area contributed by atoms with Crippen LogP contribution in [-0.4, -0.2) is 38.9 Å². The molecule has 6 nitrogen and oxygen atoms in total. The van der Waals surface area contributed by atoms with Crippen molar-refractivity contribution in [2.45, 2.75) is 6.92 Å². The first-order valence-corrected chi connectivity index (χ1v) is 6.33. The molecule has 0 saturated carbocycles. The maximum atomic E-state index is 12.0. The molecule has 0 spiro atoms. The summed E-state index contributed by atoms with van der Waals surface area (Å²) < 4.78 is 10.4. The van der Waals surface area contributed by atoms with Crippen molar-refractivity contribution in [1.29, 1.82) is 0 Å². The number of ether oxygens (including phenoxy) is 2. The summed E-state index contributed by atoms with van der Waals surface area (Å²) in [7, 11) is 0. The third-order valence-corrected chi connectivity index (χ3v) is 3.07. The van der Waals surface area contributed by atoms with Crippen LogP contribution in [0.25, 0.3) is 0 Å². The van der Waals surface area contributed by atoms with Crippen molar-refractivity contribution in [3.05, 3.63) is 17.7 Å². The van der Waals surface area contributed by atoms with Gasteiger partial charge in [-0.1, -0.05) is 0 Å². The fraction of sp³-hybridized carbons (Fsp3) is 0.462. The summed E-state index contributed by atoms with van der Waals surface area (Å²) in [5.74, 6) is -0.379. The molecule has 0 aromatic heterocycles. The van der Waals surface area contributed by atoms with Gasteiger partial charge < -0.3 is 25.8 Å². The minimum absolute atomic E-state index is 0.325. The molecule has 0 unspecified atom stereocenters. The number of rotatable bonds is 3. The normalized spacial score (nSPS) is 15.3. The van der Waals surface area contributed by atoms with Crippen LogP contribution in [-0.2, 0) is 9.47 Å². The number of nitrogens with zero attached hydrogens (tertiary/aromatic N) is 1. The maximum absolute atomic E-state index is 12.0. The van der Waals surface area contributed by atoms with Crippen LogP contribution in [0, 0.1) is 0 Å². The smallest absolute Gasteiger partial charge is 0.340 e. The maximum Gasteiger partial charge on any atom is 0.340 e. The lowest BCUT2D eigenvalue weighted by atomic mass is 10.1. The topological polar surface area (TPSA) is 90.8 Å². The summed E-state index contributed by atoms with van der Waals surface area (Å²) >= 11 is 0. The van der Waals surface area contributed by atoms with Crippen LogP contribution in [0.5, 0.6) is 0 Å². The molecule has 1 saturated heterocycles. The molecule has 1 aliphatic rings. The van der Waals surface area contributed by atoms with Gasteiger partial charge in [-0.05, 0) is 19.1 Å². The van der Waals surface area contributed by atoms with Gasteiger partial charge in [0.2, 0.25) is 0 Å². The Balaban J connectivity index is 2.42. The van der Waals surface area contributed by atoms with E-state index in [-0.39, 0.29) is 5.97 Å². The number of morpholine rings is 1. The molecule has 19 heavy (non-hydrogen) atoms. The van der Waals surface area contributed by atoms with E-state index in [9.17, 15) is 4.79 Å². The summed E-state index contributed by atoms with van der Waals surface area (Å²) in [5.41, 5.74) is 13.9. The quantitative estimate of drug-likeness (QED) is 0.622.